The summed E-state index contributed by atoms with van der Waals surface area (Å²) in [5.74, 6) is -2.93. The van der Waals surface area contributed by atoms with Gasteiger partial charge in [0.25, 0.3) is 5.92 Å². The molecule has 0 aromatic carbocycles. The first-order valence-electron chi connectivity index (χ1n) is 3.21. The summed E-state index contributed by atoms with van der Waals surface area (Å²) < 4.78 is 25.3. The minimum Gasteiger partial charge on any atom is -0.384 e. The van der Waals surface area contributed by atoms with Crippen LogP contribution in [0.3, 0.4) is 0 Å². The van der Waals surface area contributed by atoms with Gasteiger partial charge in [0.2, 0.25) is 0 Å². The number of anilines is 1. The monoisotopic (exact) mass is 192 g/mol. The maximum Gasteiger partial charge on any atom is 0.270 e. The van der Waals surface area contributed by atoms with Gasteiger partial charge in [-0.15, -0.1) is 0 Å². The van der Waals surface area contributed by atoms with Crippen molar-refractivity contribution >= 4 is 17.4 Å². The van der Waals surface area contributed by atoms with Gasteiger partial charge < -0.3 is 5.73 Å². The summed E-state index contributed by atoms with van der Waals surface area (Å²) in [5.41, 5.74) is 5.01. The van der Waals surface area contributed by atoms with E-state index in [4.69, 9.17) is 17.3 Å². The summed E-state index contributed by atoms with van der Waals surface area (Å²) in [6, 6.07) is 2.20. The number of hydrogen-bond donors (Lipinski definition) is 1. The van der Waals surface area contributed by atoms with E-state index in [-0.39, 0.29) is 16.5 Å². The first-order chi connectivity index (χ1) is 5.39. The summed E-state index contributed by atoms with van der Waals surface area (Å²) >= 11 is 5.43. The fourth-order valence-electron chi connectivity index (χ4n) is 0.771. The largest absolute Gasteiger partial charge is 0.384 e. The minimum atomic E-state index is -2.93. The molecule has 0 bridgehead atoms. The Morgan fingerprint density at radius 2 is 2.08 bits per heavy atom. The van der Waals surface area contributed by atoms with E-state index in [0.717, 1.165) is 19.1 Å². The Hall–Kier alpha value is -0.900. The minimum absolute atomic E-state index is 0.000903. The number of halogens is 3. The Morgan fingerprint density at radius 1 is 1.50 bits per heavy atom. The Balaban J connectivity index is 3.18. The summed E-state index contributed by atoms with van der Waals surface area (Å²) in [6.45, 7) is 0.776. The molecular formula is C7H7ClF2N2. The van der Waals surface area contributed by atoms with E-state index in [2.05, 4.69) is 4.98 Å². The number of alkyl halides is 2. The molecule has 0 unspecified atom stereocenters. The lowest BCUT2D eigenvalue weighted by Gasteiger charge is -2.10. The van der Waals surface area contributed by atoms with Gasteiger partial charge in [0.1, 0.15) is 11.0 Å². The van der Waals surface area contributed by atoms with E-state index in [0.29, 0.717) is 0 Å². The molecular weight excluding hydrogens is 186 g/mol. The Morgan fingerprint density at radius 3 is 2.50 bits per heavy atom. The number of nitrogens with zero attached hydrogens (tertiary/aromatic N) is 1. The third kappa shape index (κ3) is 2.04. The zero-order valence-corrected chi connectivity index (χ0v) is 7.07. The molecule has 1 rings (SSSR count). The first kappa shape index (κ1) is 9.19. The maximum atomic E-state index is 12.7. The molecule has 0 saturated carbocycles. The van der Waals surface area contributed by atoms with Gasteiger partial charge in [-0.3, -0.25) is 0 Å². The highest BCUT2D eigenvalue weighted by atomic mass is 35.5. The molecule has 12 heavy (non-hydrogen) atoms. The summed E-state index contributed by atoms with van der Waals surface area (Å²) in [4.78, 5) is 3.56. The number of hydrogen-bond acceptors (Lipinski definition) is 2. The quantitative estimate of drug-likeness (QED) is 0.694. The smallest absolute Gasteiger partial charge is 0.270 e. The van der Waals surface area contributed by atoms with Crippen molar-refractivity contribution in [3.05, 3.63) is 22.8 Å². The molecule has 0 radical (unpaired) electrons. The van der Waals surface area contributed by atoms with Crippen LogP contribution in [0.5, 0.6) is 0 Å². The topological polar surface area (TPSA) is 38.9 Å². The van der Waals surface area contributed by atoms with E-state index in [1.165, 1.54) is 0 Å². The summed E-state index contributed by atoms with van der Waals surface area (Å²) in [6.07, 6.45) is 0. The number of nitrogen functional groups attached to an aromatic ring is 1. The molecule has 2 nitrogen and oxygen atoms in total. The molecule has 2 N–H and O–H groups in total. The third-order valence-electron chi connectivity index (χ3n) is 1.32. The molecule has 5 heteroatoms. The zero-order valence-electron chi connectivity index (χ0n) is 6.31. The summed E-state index contributed by atoms with van der Waals surface area (Å²) in [7, 11) is 0. The van der Waals surface area contributed by atoms with Crippen molar-refractivity contribution in [2.24, 2.45) is 0 Å². The van der Waals surface area contributed by atoms with Crippen molar-refractivity contribution < 1.29 is 8.78 Å². The fraction of sp³-hybridized carbons (Fsp3) is 0.286. The Kier molecular flexibility index (Phi) is 2.19. The van der Waals surface area contributed by atoms with Crippen LogP contribution in [0, 0.1) is 0 Å². The second kappa shape index (κ2) is 2.86. The molecule has 0 atom stereocenters. The number of rotatable bonds is 1. The van der Waals surface area contributed by atoms with Crippen LogP contribution in [0.15, 0.2) is 12.1 Å². The maximum absolute atomic E-state index is 12.7. The molecule has 1 aromatic rings. The van der Waals surface area contributed by atoms with Crippen LogP contribution in [0.1, 0.15) is 12.5 Å². The molecule has 0 fully saturated rings. The average Bonchev–Trinajstić information content (AvgIpc) is 1.82. The highest BCUT2D eigenvalue weighted by molar-refractivity contribution is 6.29. The van der Waals surface area contributed by atoms with Gasteiger partial charge in [-0.05, 0) is 12.1 Å². The lowest BCUT2D eigenvalue weighted by Crippen LogP contribution is -2.08. The van der Waals surface area contributed by atoms with Crippen molar-refractivity contribution in [3.63, 3.8) is 0 Å². The predicted octanol–water partition coefficient (Wildman–Crippen LogP) is 2.43. The highest BCUT2D eigenvalue weighted by Gasteiger charge is 2.25. The van der Waals surface area contributed by atoms with Crippen LogP contribution >= 0.6 is 11.6 Å². The number of aromatic nitrogens is 1. The highest BCUT2D eigenvalue weighted by Crippen LogP contribution is 2.29. The molecule has 0 spiro atoms. The van der Waals surface area contributed by atoms with Crippen LogP contribution in [-0.4, -0.2) is 4.98 Å². The molecule has 66 valence electrons. The van der Waals surface area contributed by atoms with E-state index in [1.807, 2.05) is 0 Å². The van der Waals surface area contributed by atoms with Crippen LogP contribution < -0.4 is 5.73 Å². The standard InChI is InChI=1S/C7H7ClF2N2/c1-7(9,10)4-2-5(8)12-6(11)3-4/h2-3H,1H3,(H2,11,12). The number of pyridine rings is 1. The van der Waals surface area contributed by atoms with Crippen LogP contribution in [0.4, 0.5) is 14.6 Å². The van der Waals surface area contributed by atoms with E-state index in [1.54, 1.807) is 0 Å². The van der Waals surface area contributed by atoms with Gasteiger partial charge in [-0.25, -0.2) is 13.8 Å². The number of nitrogens with two attached hydrogens (primary N) is 1. The van der Waals surface area contributed by atoms with Crippen molar-refractivity contribution in [1.82, 2.24) is 4.98 Å². The zero-order chi connectivity index (χ0) is 9.35. The van der Waals surface area contributed by atoms with Crippen molar-refractivity contribution in [1.29, 1.82) is 0 Å². The second-order valence-electron chi connectivity index (χ2n) is 2.49. The molecule has 0 amide bonds. The Labute approximate surface area is 73.4 Å². The molecule has 1 heterocycles. The van der Waals surface area contributed by atoms with Gasteiger partial charge >= 0.3 is 0 Å². The fourth-order valence-corrected chi connectivity index (χ4v) is 0.986. The van der Waals surface area contributed by atoms with Crippen molar-refractivity contribution in [2.75, 3.05) is 5.73 Å². The lowest BCUT2D eigenvalue weighted by atomic mass is 10.1. The average molecular weight is 193 g/mol. The normalized spacial score (nSPS) is 11.7. The predicted molar refractivity (Wildman–Crippen MR) is 43.2 cm³/mol. The molecule has 1 aromatic heterocycles. The van der Waals surface area contributed by atoms with E-state index < -0.39 is 5.92 Å². The van der Waals surface area contributed by atoms with Gasteiger partial charge in [-0.1, -0.05) is 11.6 Å². The second-order valence-corrected chi connectivity index (χ2v) is 2.88. The van der Waals surface area contributed by atoms with Crippen LogP contribution in [0.2, 0.25) is 5.15 Å². The first-order valence-corrected chi connectivity index (χ1v) is 3.59. The van der Waals surface area contributed by atoms with Crippen molar-refractivity contribution in [2.45, 2.75) is 12.8 Å². The van der Waals surface area contributed by atoms with Gasteiger partial charge in [-0.2, -0.15) is 0 Å². The summed E-state index contributed by atoms with van der Waals surface area (Å²) in [5, 5.41) is -0.0217. The molecule has 0 saturated heterocycles. The van der Waals surface area contributed by atoms with Gasteiger partial charge in [0, 0.05) is 12.5 Å². The third-order valence-corrected chi connectivity index (χ3v) is 1.51. The molecule has 0 aliphatic rings. The van der Waals surface area contributed by atoms with Crippen LogP contribution in [0.25, 0.3) is 0 Å². The van der Waals surface area contributed by atoms with Crippen molar-refractivity contribution in [3.8, 4) is 0 Å². The molecule has 0 aliphatic carbocycles. The van der Waals surface area contributed by atoms with Crippen LogP contribution in [-0.2, 0) is 5.92 Å². The Bertz CT molecular complexity index is 276. The van der Waals surface area contributed by atoms with Gasteiger partial charge in [0.05, 0.1) is 0 Å². The van der Waals surface area contributed by atoms with Gasteiger partial charge in [0.15, 0.2) is 0 Å². The lowest BCUT2D eigenvalue weighted by molar-refractivity contribution is 0.0174. The SMILES string of the molecule is CC(F)(F)c1cc(N)nc(Cl)c1. The molecule has 0 aliphatic heterocycles. The van der Waals surface area contributed by atoms with E-state index in [9.17, 15) is 8.78 Å². The van der Waals surface area contributed by atoms with E-state index >= 15 is 0 Å².